The van der Waals surface area contributed by atoms with Crippen LogP contribution in [0.25, 0.3) is 0 Å². The summed E-state index contributed by atoms with van der Waals surface area (Å²) in [6.45, 7) is 9.70. The molecule has 0 radical (unpaired) electrons. The number of hydrogen-bond donors (Lipinski definition) is 1. The lowest BCUT2D eigenvalue weighted by molar-refractivity contribution is -0.125. The summed E-state index contributed by atoms with van der Waals surface area (Å²) in [6.07, 6.45) is 2.41. The first-order chi connectivity index (χ1) is 17.4. The molecule has 3 rings (SSSR count). The van der Waals surface area contributed by atoms with Gasteiger partial charge in [-0.2, -0.15) is 0 Å². The topological polar surface area (TPSA) is 67.9 Å². The van der Waals surface area contributed by atoms with E-state index in [0.29, 0.717) is 38.3 Å². The number of rotatable bonds is 13. The molecular weight excluding hydrogens is 452 g/mol. The Hall–Kier alpha value is -3.14. The number of amides is 2. The van der Waals surface area contributed by atoms with E-state index in [2.05, 4.69) is 37.9 Å². The minimum atomic E-state index is -0.162. The fourth-order valence-electron chi connectivity index (χ4n) is 3.76. The van der Waals surface area contributed by atoms with E-state index >= 15 is 0 Å². The first kappa shape index (κ1) is 27.4. The van der Waals surface area contributed by atoms with Gasteiger partial charge in [-0.1, -0.05) is 69.4 Å². The quantitative estimate of drug-likeness (QED) is 0.318. The summed E-state index contributed by atoms with van der Waals surface area (Å²) in [5.41, 5.74) is 3.80. The maximum atomic E-state index is 13.2. The van der Waals surface area contributed by atoms with E-state index in [4.69, 9.17) is 9.47 Å². The van der Waals surface area contributed by atoms with Gasteiger partial charge in [0.15, 0.2) is 0 Å². The normalized spacial score (nSPS) is 12.5. The number of anilines is 1. The second-order valence-electron chi connectivity index (χ2n) is 9.75. The molecule has 0 aromatic heterocycles. The van der Waals surface area contributed by atoms with Gasteiger partial charge in [-0.25, -0.2) is 0 Å². The van der Waals surface area contributed by atoms with Crippen molar-refractivity contribution in [1.82, 2.24) is 5.32 Å². The van der Waals surface area contributed by atoms with Crippen molar-refractivity contribution in [1.29, 1.82) is 0 Å². The predicted molar refractivity (Wildman–Crippen MR) is 145 cm³/mol. The molecule has 194 valence electrons. The van der Waals surface area contributed by atoms with E-state index in [1.165, 1.54) is 0 Å². The summed E-state index contributed by atoms with van der Waals surface area (Å²) in [5, 5.41) is 2.83. The molecule has 0 saturated heterocycles. The van der Waals surface area contributed by atoms with E-state index in [-0.39, 0.29) is 26.1 Å². The average molecular weight is 493 g/mol. The molecule has 0 fully saturated rings. The number of hydrogen-bond acceptors (Lipinski definition) is 4. The zero-order valence-electron chi connectivity index (χ0n) is 21.8. The Morgan fingerprint density at radius 2 is 1.61 bits per heavy atom. The molecule has 6 nitrogen and oxygen atoms in total. The van der Waals surface area contributed by atoms with Crippen LogP contribution in [0.4, 0.5) is 5.69 Å². The van der Waals surface area contributed by atoms with Crippen LogP contribution < -0.4 is 10.2 Å². The van der Waals surface area contributed by atoms with Gasteiger partial charge in [0.25, 0.3) is 0 Å². The summed E-state index contributed by atoms with van der Waals surface area (Å²) < 4.78 is 11.2. The summed E-state index contributed by atoms with van der Waals surface area (Å²) in [5.74, 6) is 6.14. The van der Waals surface area contributed by atoms with Crippen molar-refractivity contribution in [3.8, 4) is 11.8 Å². The summed E-state index contributed by atoms with van der Waals surface area (Å²) in [7, 11) is 0. The zero-order valence-corrected chi connectivity index (χ0v) is 21.8. The highest BCUT2D eigenvalue weighted by molar-refractivity contribution is 5.96. The van der Waals surface area contributed by atoms with Crippen LogP contribution in [0, 0.1) is 17.3 Å². The predicted octanol–water partition coefficient (Wildman–Crippen LogP) is 4.93. The maximum absolute atomic E-state index is 13.2. The first-order valence-electron chi connectivity index (χ1n) is 12.8. The number of ether oxygens (including phenoxy) is 2. The van der Waals surface area contributed by atoms with Crippen molar-refractivity contribution < 1.29 is 20.5 Å². The second-order valence-corrected chi connectivity index (χ2v) is 9.75. The van der Waals surface area contributed by atoms with E-state index in [9.17, 15) is 9.59 Å². The van der Waals surface area contributed by atoms with E-state index in [1.807, 2.05) is 48.5 Å². The molecule has 0 aliphatic carbocycles. The van der Waals surface area contributed by atoms with Gasteiger partial charge in [0.05, 0.1) is 32.1 Å². The third kappa shape index (κ3) is 8.51. The van der Waals surface area contributed by atoms with Crippen molar-refractivity contribution in [2.75, 3.05) is 37.9 Å². The van der Waals surface area contributed by atoms with Crippen molar-refractivity contribution in [2.45, 2.75) is 53.0 Å². The van der Waals surface area contributed by atoms with Crippen LogP contribution in [0.3, 0.4) is 0 Å². The SMILES string of the molecule is CCC(C)(C)CCOCCOCCNC(=O)CCC(=O)N1Cc2ccccc2C#Cc2ccccc21.[HH]. The highest BCUT2D eigenvalue weighted by Crippen LogP contribution is 2.26. The van der Waals surface area contributed by atoms with Crippen molar-refractivity contribution in [3.63, 3.8) is 0 Å². The molecule has 0 spiro atoms. The minimum Gasteiger partial charge on any atom is -0.379 e. The van der Waals surface area contributed by atoms with Gasteiger partial charge in [-0.3, -0.25) is 9.59 Å². The Labute approximate surface area is 216 Å². The van der Waals surface area contributed by atoms with Crippen LogP contribution in [0.15, 0.2) is 48.5 Å². The monoisotopic (exact) mass is 492 g/mol. The van der Waals surface area contributed by atoms with Gasteiger partial charge in [0.1, 0.15) is 0 Å². The van der Waals surface area contributed by atoms with E-state index in [0.717, 1.165) is 41.8 Å². The summed E-state index contributed by atoms with van der Waals surface area (Å²) >= 11 is 0. The third-order valence-electron chi connectivity index (χ3n) is 6.56. The fourth-order valence-corrected chi connectivity index (χ4v) is 3.76. The molecule has 2 aromatic carbocycles. The lowest BCUT2D eigenvalue weighted by Crippen LogP contribution is -2.34. The van der Waals surface area contributed by atoms with Crippen LogP contribution >= 0.6 is 0 Å². The third-order valence-corrected chi connectivity index (χ3v) is 6.56. The summed E-state index contributed by atoms with van der Waals surface area (Å²) in [6, 6.07) is 15.5. The summed E-state index contributed by atoms with van der Waals surface area (Å²) in [4.78, 5) is 27.2. The number of benzene rings is 2. The van der Waals surface area contributed by atoms with Crippen molar-refractivity contribution in [3.05, 3.63) is 65.2 Å². The molecule has 1 aliphatic heterocycles. The largest absolute Gasteiger partial charge is 0.379 e. The molecule has 0 bridgehead atoms. The van der Waals surface area contributed by atoms with Crippen LogP contribution in [0.2, 0.25) is 0 Å². The van der Waals surface area contributed by atoms with Crippen LogP contribution in [-0.2, 0) is 25.6 Å². The molecule has 0 saturated carbocycles. The van der Waals surface area contributed by atoms with Gasteiger partial charge in [-0.05, 0) is 35.6 Å². The molecule has 2 aromatic rings. The highest BCUT2D eigenvalue weighted by Gasteiger charge is 2.21. The second kappa shape index (κ2) is 13.8. The van der Waals surface area contributed by atoms with Crippen LogP contribution in [-0.4, -0.2) is 44.8 Å². The molecule has 0 atom stereocenters. The lowest BCUT2D eigenvalue weighted by atomic mass is 9.87. The minimum absolute atomic E-state index is 0. The molecular formula is C30H40N2O4. The van der Waals surface area contributed by atoms with Crippen molar-refractivity contribution in [2.24, 2.45) is 5.41 Å². The smallest absolute Gasteiger partial charge is 0.227 e. The number of nitrogens with one attached hydrogen (secondary N) is 1. The van der Waals surface area contributed by atoms with Gasteiger partial charge in [0, 0.05) is 38.5 Å². The number of fused-ring (bicyclic) bond motifs is 2. The Morgan fingerprint density at radius 3 is 2.39 bits per heavy atom. The highest BCUT2D eigenvalue weighted by atomic mass is 16.5. The lowest BCUT2D eigenvalue weighted by Gasteiger charge is -2.26. The molecule has 2 amide bonds. The number of nitrogens with zero attached hydrogens (tertiary/aromatic N) is 1. The first-order valence-corrected chi connectivity index (χ1v) is 12.8. The Bertz CT molecular complexity index is 1090. The molecule has 1 heterocycles. The van der Waals surface area contributed by atoms with Crippen LogP contribution in [0.1, 0.15) is 64.6 Å². The van der Waals surface area contributed by atoms with Crippen LogP contribution in [0.5, 0.6) is 0 Å². The number of carbonyl (C=O) groups is 2. The van der Waals surface area contributed by atoms with Gasteiger partial charge >= 0.3 is 0 Å². The van der Waals surface area contributed by atoms with Gasteiger partial charge in [-0.15, -0.1) is 0 Å². The molecule has 6 heteroatoms. The standard InChI is InChI=1S/C30H38N2O4.H2/c1-4-30(2,3)17-19-35-21-22-36-20-18-31-28(33)15-16-29(34)32-23-26-11-6-5-9-24(26)13-14-25-10-7-8-12-27(25)32;/h5-12H,4,15-23H2,1-3H3,(H,31,33);1H. The molecule has 0 unspecified atom stereocenters. The Balaban J connectivity index is 0.00000481. The fraction of sp³-hybridized carbons (Fsp3) is 0.467. The van der Waals surface area contributed by atoms with Crippen molar-refractivity contribution >= 4 is 17.5 Å². The Morgan fingerprint density at radius 1 is 0.944 bits per heavy atom. The van der Waals surface area contributed by atoms with Gasteiger partial charge < -0.3 is 19.7 Å². The number of carbonyl (C=O) groups excluding carboxylic acids is 2. The zero-order chi connectivity index (χ0) is 25.8. The molecule has 1 aliphatic rings. The average Bonchev–Trinajstić information content (AvgIpc) is 2.87. The Kier molecular flexibility index (Phi) is 10.5. The van der Waals surface area contributed by atoms with Gasteiger partial charge in [0.2, 0.25) is 11.8 Å². The molecule has 36 heavy (non-hydrogen) atoms. The molecule has 1 N–H and O–H groups in total. The van der Waals surface area contributed by atoms with E-state index in [1.54, 1.807) is 4.90 Å². The maximum Gasteiger partial charge on any atom is 0.227 e. The number of para-hydroxylation sites is 1. The van der Waals surface area contributed by atoms with E-state index < -0.39 is 0 Å².